The molecule has 5 aromatic rings. The number of rotatable bonds is 8. The van der Waals surface area contributed by atoms with Crippen LogP contribution in [-0.2, 0) is 16.0 Å². The number of H-pyrrole nitrogens is 1. The first-order chi connectivity index (χ1) is 22.1. The molecule has 2 fully saturated rings. The van der Waals surface area contributed by atoms with Gasteiger partial charge in [0.2, 0.25) is 11.8 Å². The van der Waals surface area contributed by atoms with E-state index in [0.29, 0.717) is 38.4 Å². The van der Waals surface area contributed by atoms with Gasteiger partial charge in [0.15, 0.2) is 5.82 Å². The maximum Gasteiger partial charge on any atom is 0.236 e. The summed E-state index contributed by atoms with van der Waals surface area (Å²) < 4.78 is 0. The summed E-state index contributed by atoms with van der Waals surface area (Å²) in [5.41, 5.74) is 5.79. The number of amides is 2. The molecule has 1 atom stereocenters. The van der Waals surface area contributed by atoms with Gasteiger partial charge in [-0.15, -0.1) is 0 Å². The summed E-state index contributed by atoms with van der Waals surface area (Å²) in [6.45, 7) is 4.57. The topological polar surface area (TPSA) is 123 Å². The van der Waals surface area contributed by atoms with Gasteiger partial charge in [-0.1, -0.05) is 6.07 Å². The van der Waals surface area contributed by atoms with Crippen LogP contribution in [0.3, 0.4) is 0 Å². The van der Waals surface area contributed by atoms with Crippen LogP contribution in [0.25, 0.3) is 22.3 Å². The molecule has 2 N–H and O–H groups in total. The van der Waals surface area contributed by atoms with E-state index in [1.165, 1.54) is 0 Å². The van der Waals surface area contributed by atoms with Crippen LogP contribution in [0.1, 0.15) is 17.7 Å². The molecule has 2 saturated heterocycles. The number of nitrogens with zero attached hydrogens (tertiary/aromatic N) is 7. The first kappa shape index (κ1) is 28.6. The van der Waals surface area contributed by atoms with Crippen molar-refractivity contribution < 1.29 is 9.59 Å². The van der Waals surface area contributed by atoms with Gasteiger partial charge < -0.3 is 15.1 Å². The van der Waals surface area contributed by atoms with Crippen LogP contribution >= 0.6 is 0 Å². The largest absolute Gasteiger partial charge is 0.368 e. The van der Waals surface area contributed by atoms with Crippen molar-refractivity contribution in [3.05, 3.63) is 96.7 Å². The Bertz CT molecular complexity index is 1770. The predicted molar refractivity (Wildman–Crippen MR) is 173 cm³/mol. The third-order valence-electron chi connectivity index (χ3n) is 8.70. The van der Waals surface area contributed by atoms with Gasteiger partial charge >= 0.3 is 0 Å². The Morgan fingerprint density at radius 1 is 0.911 bits per heavy atom. The minimum atomic E-state index is -0.159. The molecular weight excluding hydrogens is 566 g/mol. The molecule has 3 aromatic heterocycles. The lowest BCUT2D eigenvalue weighted by Gasteiger charge is -2.36. The van der Waals surface area contributed by atoms with E-state index in [4.69, 9.17) is 0 Å². The first-order valence-electron chi connectivity index (χ1n) is 15.4. The Morgan fingerprint density at radius 2 is 1.73 bits per heavy atom. The van der Waals surface area contributed by atoms with E-state index in [1.807, 2.05) is 59.6 Å². The number of nitrogens with one attached hydrogen (secondary N) is 2. The quantitative estimate of drug-likeness (QED) is 0.277. The molecule has 45 heavy (non-hydrogen) atoms. The number of pyridine rings is 1. The van der Waals surface area contributed by atoms with Gasteiger partial charge in [0.05, 0.1) is 18.0 Å². The normalized spacial score (nSPS) is 17.1. The van der Waals surface area contributed by atoms with E-state index in [9.17, 15) is 9.59 Å². The van der Waals surface area contributed by atoms with Crippen molar-refractivity contribution in [3.63, 3.8) is 0 Å². The van der Waals surface area contributed by atoms with Gasteiger partial charge in [0, 0.05) is 92.0 Å². The predicted octanol–water partition coefficient (Wildman–Crippen LogP) is 3.61. The molecule has 2 amide bonds. The van der Waals surface area contributed by atoms with Crippen LogP contribution in [0.15, 0.2) is 85.5 Å². The number of fused-ring (bicyclic) bond motifs is 1. The smallest absolute Gasteiger partial charge is 0.236 e. The number of carbonyl (C=O) groups excluding carboxylic acids is 2. The van der Waals surface area contributed by atoms with Crippen molar-refractivity contribution in [2.45, 2.75) is 12.8 Å². The highest BCUT2D eigenvalue weighted by Crippen LogP contribution is 2.25. The van der Waals surface area contributed by atoms with Crippen LogP contribution in [0.4, 0.5) is 11.4 Å². The fourth-order valence-electron chi connectivity index (χ4n) is 6.19. The zero-order chi connectivity index (χ0) is 30.6. The first-order valence-corrected chi connectivity index (χ1v) is 15.4. The van der Waals surface area contributed by atoms with Gasteiger partial charge in [-0.25, -0.2) is 9.97 Å². The van der Waals surface area contributed by atoms with Gasteiger partial charge in [0.25, 0.3) is 0 Å². The number of aromatic amines is 1. The number of hydrogen-bond donors (Lipinski definition) is 2. The summed E-state index contributed by atoms with van der Waals surface area (Å²) in [6, 6.07) is 19.8. The number of hydrogen-bond acceptors (Lipinski definition) is 8. The maximum atomic E-state index is 13.2. The molecule has 11 heteroatoms. The number of anilines is 2. The summed E-state index contributed by atoms with van der Waals surface area (Å²) in [6.07, 6.45) is 8.50. The van der Waals surface area contributed by atoms with Crippen molar-refractivity contribution in [2.24, 2.45) is 5.92 Å². The molecule has 0 saturated carbocycles. The lowest BCUT2D eigenvalue weighted by atomic mass is 10.1. The molecule has 228 valence electrons. The van der Waals surface area contributed by atoms with E-state index in [2.05, 4.69) is 52.4 Å². The van der Waals surface area contributed by atoms with Crippen LogP contribution in [0.2, 0.25) is 0 Å². The SMILES string of the molecule is O=C(Nc1ccc2n[nH]c(Cc3cccnc3)c2c1)[C@@H]1CCN(CC(=O)N2CCN(c3ccc(-c4ncccn4)cc3)CC2)C1. The van der Waals surface area contributed by atoms with Crippen LogP contribution < -0.4 is 10.2 Å². The van der Waals surface area contributed by atoms with Crippen molar-refractivity contribution in [3.8, 4) is 11.4 Å². The lowest BCUT2D eigenvalue weighted by Crippen LogP contribution is -2.51. The molecule has 5 heterocycles. The van der Waals surface area contributed by atoms with Crippen LogP contribution in [0, 0.1) is 5.92 Å². The summed E-state index contributed by atoms with van der Waals surface area (Å²) in [4.78, 5) is 45.5. The molecular formula is C34H35N9O2. The molecule has 7 rings (SSSR count). The van der Waals surface area contributed by atoms with Gasteiger partial charge in [-0.3, -0.25) is 24.6 Å². The van der Waals surface area contributed by atoms with Gasteiger partial charge in [-0.05, 0) is 73.1 Å². The molecule has 0 radical (unpaired) electrons. The molecule has 0 aliphatic carbocycles. The summed E-state index contributed by atoms with van der Waals surface area (Å²) >= 11 is 0. The minimum absolute atomic E-state index is 0.0138. The Balaban J connectivity index is 0.887. The standard InChI is InChI=1S/C34H35N9O2/c44-32(43-17-15-42(16-18-43)28-7-4-25(5-8-28)33-36-12-2-13-37-33)23-41-14-10-26(22-41)34(45)38-27-6-9-30-29(20-27)31(40-39-30)19-24-3-1-11-35-21-24/h1-9,11-13,20-21,26H,10,14-19,22-23H2,(H,38,45)(H,39,40)/t26-/m1/s1. The second-order valence-electron chi connectivity index (χ2n) is 11.7. The second kappa shape index (κ2) is 12.8. The maximum absolute atomic E-state index is 13.2. The highest BCUT2D eigenvalue weighted by Gasteiger charge is 2.31. The summed E-state index contributed by atoms with van der Waals surface area (Å²) in [7, 11) is 0. The average Bonchev–Trinajstić information content (AvgIpc) is 3.73. The molecule has 2 aliphatic heterocycles. The van der Waals surface area contributed by atoms with Crippen molar-refractivity contribution >= 4 is 34.1 Å². The third kappa shape index (κ3) is 6.53. The van der Waals surface area contributed by atoms with Crippen molar-refractivity contribution in [1.29, 1.82) is 0 Å². The Kier molecular flexibility index (Phi) is 8.15. The molecule has 0 unspecified atom stereocenters. The van der Waals surface area contributed by atoms with E-state index < -0.39 is 0 Å². The molecule has 2 aromatic carbocycles. The highest BCUT2D eigenvalue weighted by molar-refractivity contribution is 5.96. The monoisotopic (exact) mass is 601 g/mol. The second-order valence-corrected chi connectivity index (χ2v) is 11.7. The zero-order valence-electron chi connectivity index (χ0n) is 25.0. The van der Waals surface area contributed by atoms with Crippen molar-refractivity contribution in [2.75, 3.05) is 56.0 Å². The number of likely N-dealkylation sites (tertiary alicyclic amines) is 1. The van der Waals surface area contributed by atoms with E-state index >= 15 is 0 Å². The summed E-state index contributed by atoms with van der Waals surface area (Å²) in [5.74, 6) is 0.663. The summed E-state index contributed by atoms with van der Waals surface area (Å²) in [5, 5.41) is 11.6. The van der Waals surface area contributed by atoms with Gasteiger partial charge in [0.1, 0.15) is 0 Å². The Labute approximate surface area is 261 Å². The molecule has 11 nitrogen and oxygen atoms in total. The number of benzene rings is 2. The highest BCUT2D eigenvalue weighted by atomic mass is 16.2. The molecule has 0 spiro atoms. The third-order valence-corrected chi connectivity index (χ3v) is 8.70. The fourth-order valence-corrected chi connectivity index (χ4v) is 6.19. The van der Waals surface area contributed by atoms with E-state index in [0.717, 1.165) is 65.2 Å². The van der Waals surface area contributed by atoms with Crippen LogP contribution in [0.5, 0.6) is 0 Å². The number of aromatic nitrogens is 5. The fraction of sp³-hybridized carbons (Fsp3) is 0.294. The minimum Gasteiger partial charge on any atom is -0.368 e. The molecule has 0 bridgehead atoms. The number of piperazine rings is 1. The van der Waals surface area contributed by atoms with Crippen LogP contribution in [-0.4, -0.2) is 92.6 Å². The Hall–Kier alpha value is -5.16. The molecule has 2 aliphatic rings. The van der Waals surface area contributed by atoms with Crippen molar-refractivity contribution in [1.82, 2.24) is 34.9 Å². The average molecular weight is 602 g/mol. The number of carbonyl (C=O) groups is 2. The zero-order valence-corrected chi connectivity index (χ0v) is 25.0. The van der Waals surface area contributed by atoms with E-state index in [1.54, 1.807) is 18.6 Å². The van der Waals surface area contributed by atoms with Gasteiger partial charge in [-0.2, -0.15) is 5.10 Å². The van der Waals surface area contributed by atoms with E-state index in [-0.39, 0.29) is 17.7 Å². The Morgan fingerprint density at radius 3 is 2.51 bits per heavy atom. The lowest BCUT2D eigenvalue weighted by molar-refractivity contribution is -0.132.